The summed E-state index contributed by atoms with van der Waals surface area (Å²) < 4.78 is 4.94. The molecule has 58 valence electrons. The van der Waals surface area contributed by atoms with Crippen LogP contribution in [0.2, 0.25) is 0 Å². The Morgan fingerprint density at radius 3 is 2.00 bits per heavy atom. The van der Waals surface area contributed by atoms with Crippen LogP contribution in [-0.4, -0.2) is 0 Å². The molecule has 1 aromatic rings. The molecule has 1 aromatic carbocycles. The maximum absolute atomic E-state index is 4.94. The number of hydrogen-bond donors (Lipinski definition) is 0. The molecule has 0 aliphatic rings. The molecule has 0 saturated heterocycles. The molecular weight excluding hydrogens is 251 g/mol. The van der Waals surface area contributed by atoms with Crippen LogP contribution in [0.4, 0.5) is 0 Å². The van der Waals surface area contributed by atoms with Gasteiger partial charge in [-0.1, -0.05) is 17.7 Å². The molecular formula is C9H9IO. The highest BCUT2D eigenvalue weighted by Crippen LogP contribution is 2.12. The molecule has 0 atom stereocenters. The minimum atomic E-state index is 0.904. The van der Waals surface area contributed by atoms with Gasteiger partial charge in [-0.3, -0.25) is 0 Å². The van der Waals surface area contributed by atoms with E-state index >= 15 is 0 Å². The molecule has 0 bridgehead atoms. The van der Waals surface area contributed by atoms with Crippen molar-refractivity contribution in [3.8, 4) is 18.6 Å². The second-order valence-corrected chi connectivity index (χ2v) is 2.33. The lowest BCUT2D eigenvalue weighted by Gasteiger charge is -1.94. The van der Waals surface area contributed by atoms with E-state index < -0.39 is 0 Å². The number of terminal acetylenes is 1. The van der Waals surface area contributed by atoms with Crippen molar-refractivity contribution in [1.29, 1.82) is 0 Å². The summed E-state index contributed by atoms with van der Waals surface area (Å²) in [6.45, 7) is 2.05. The first-order valence-corrected chi connectivity index (χ1v) is 3.89. The molecule has 0 spiro atoms. The molecule has 2 heteroatoms. The summed E-state index contributed by atoms with van der Waals surface area (Å²) in [6, 6.07) is 7.94. The molecule has 0 aromatic heterocycles. The Labute approximate surface area is 81.5 Å². The van der Waals surface area contributed by atoms with Gasteiger partial charge in [-0.05, 0) is 19.1 Å². The largest absolute Gasteiger partial charge is 0.428 e. The molecule has 0 heterocycles. The van der Waals surface area contributed by atoms with Gasteiger partial charge in [-0.2, -0.15) is 0 Å². The molecule has 0 fully saturated rings. The van der Waals surface area contributed by atoms with Crippen LogP contribution < -0.4 is 3.07 Å². The molecule has 0 N–H and O–H groups in total. The number of benzene rings is 1. The van der Waals surface area contributed by atoms with E-state index in [1.807, 2.05) is 47.3 Å². The molecule has 0 radical (unpaired) electrons. The third kappa shape index (κ3) is 3.89. The average molecular weight is 260 g/mol. The zero-order valence-corrected chi connectivity index (χ0v) is 8.41. The van der Waals surface area contributed by atoms with E-state index in [1.54, 1.807) is 0 Å². The molecule has 11 heavy (non-hydrogen) atoms. The predicted octanol–water partition coefficient (Wildman–Crippen LogP) is 2.97. The Hall–Kier alpha value is -0.690. The molecule has 0 unspecified atom stereocenters. The summed E-state index contributed by atoms with van der Waals surface area (Å²) in [4.78, 5) is 0. The lowest BCUT2D eigenvalue weighted by Crippen LogP contribution is -1.73. The van der Waals surface area contributed by atoms with Crippen molar-refractivity contribution in [2.24, 2.45) is 0 Å². The molecule has 0 aliphatic carbocycles. The van der Waals surface area contributed by atoms with Crippen molar-refractivity contribution >= 4 is 23.0 Å². The minimum Gasteiger partial charge on any atom is -0.428 e. The normalized spacial score (nSPS) is 7.64. The van der Waals surface area contributed by atoms with Crippen molar-refractivity contribution in [2.45, 2.75) is 6.92 Å². The maximum Gasteiger partial charge on any atom is 0.192 e. The van der Waals surface area contributed by atoms with Gasteiger partial charge in [0.1, 0.15) is 5.75 Å². The van der Waals surface area contributed by atoms with Crippen molar-refractivity contribution in [1.82, 2.24) is 0 Å². The Bertz CT molecular complexity index is 213. The highest BCUT2D eigenvalue weighted by atomic mass is 127. The first-order valence-electron chi connectivity index (χ1n) is 3.01. The van der Waals surface area contributed by atoms with Crippen LogP contribution >= 0.6 is 23.0 Å². The number of rotatable bonds is 1. The zero-order chi connectivity index (χ0) is 8.69. The summed E-state index contributed by atoms with van der Waals surface area (Å²) in [5.41, 5.74) is 1.26. The van der Waals surface area contributed by atoms with Crippen LogP contribution in [-0.2, 0) is 0 Å². The fourth-order valence-electron chi connectivity index (χ4n) is 0.590. The van der Waals surface area contributed by atoms with Gasteiger partial charge in [0.25, 0.3) is 0 Å². The smallest absolute Gasteiger partial charge is 0.192 e. The van der Waals surface area contributed by atoms with Crippen LogP contribution in [0.3, 0.4) is 0 Å². The first-order chi connectivity index (χ1) is 5.33. The Morgan fingerprint density at radius 1 is 1.18 bits per heavy atom. The molecule has 0 saturated carbocycles. The van der Waals surface area contributed by atoms with E-state index in [2.05, 4.69) is 19.8 Å². The highest BCUT2D eigenvalue weighted by Gasteiger charge is 1.86. The Morgan fingerprint density at radius 2 is 1.64 bits per heavy atom. The maximum atomic E-state index is 4.94. The number of hydrogen-bond acceptors (Lipinski definition) is 1. The van der Waals surface area contributed by atoms with Gasteiger partial charge in [-0.15, -0.1) is 12.8 Å². The van der Waals surface area contributed by atoms with E-state index in [1.165, 1.54) is 5.56 Å². The van der Waals surface area contributed by atoms with Crippen LogP contribution in [0, 0.1) is 19.8 Å². The summed E-state index contributed by atoms with van der Waals surface area (Å²) in [7, 11) is 0. The summed E-state index contributed by atoms with van der Waals surface area (Å²) >= 11 is 1.87. The summed E-state index contributed by atoms with van der Waals surface area (Å²) in [5, 5.41) is 0. The zero-order valence-electron chi connectivity index (χ0n) is 6.25. The molecule has 1 nitrogen and oxygen atoms in total. The molecule has 1 rings (SSSR count). The van der Waals surface area contributed by atoms with Gasteiger partial charge in [0.2, 0.25) is 0 Å². The van der Waals surface area contributed by atoms with Gasteiger partial charge < -0.3 is 3.07 Å². The van der Waals surface area contributed by atoms with Crippen LogP contribution in [0.25, 0.3) is 0 Å². The predicted molar refractivity (Wildman–Crippen MR) is 55.7 cm³/mol. The Kier molecular flexibility index (Phi) is 5.67. The van der Waals surface area contributed by atoms with Crippen molar-refractivity contribution in [3.05, 3.63) is 29.8 Å². The van der Waals surface area contributed by atoms with Crippen molar-refractivity contribution < 1.29 is 3.07 Å². The summed E-state index contributed by atoms with van der Waals surface area (Å²) in [6.07, 6.45) is 8.00. The van der Waals surface area contributed by atoms with E-state index in [0.717, 1.165) is 5.75 Å². The average Bonchev–Trinajstić information content (AvgIpc) is 2.10. The number of halogens is 1. The Balaban J connectivity index is 0.000000461. The van der Waals surface area contributed by atoms with Gasteiger partial charge in [-0.25, -0.2) is 0 Å². The van der Waals surface area contributed by atoms with E-state index in [9.17, 15) is 0 Å². The fraction of sp³-hybridized carbons (Fsp3) is 0.111. The van der Waals surface area contributed by atoms with E-state index in [-0.39, 0.29) is 0 Å². The quantitative estimate of drug-likeness (QED) is 0.557. The second-order valence-electron chi connectivity index (χ2n) is 1.89. The minimum absolute atomic E-state index is 0.904. The fourth-order valence-corrected chi connectivity index (χ4v) is 0.883. The third-order valence-corrected chi connectivity index (χ3v) is 1.62. The topological polar surface area (TPSA) is 9.23 Å². The second kappa shape index (κ2) is 6.05. The monoisotopic (exact) mass is 260 g/mol. The van der Waals surface area contributed by atoms with Crippen LogP contribution in [0.5, 0.6) is 5.75 Å². The third-order valence-electron chi connectivity index (χ3n) is 1.11. The van der Waals surface area contributed by atoms with Crippen molar-refractivity contribution in [3.63, 3.8) is 0 Å². The van der Waals surface area contributed by atoms with Crippen LogP contribution in [0.1, 0.15) is 5.56 Å². The lowest BCUT2D eigenvalue weighted by atomic mass is 10.2. The van der Waals surface area contributed by atoms with Crippen LogP contribution in [0.15, 0.2) is 24.3 Å². The van der Waals surface area contributed by atoms with Gasteiger partial charge >= 0.3 is 0 Å². The summed E-state index contributed by atoms with van der Waals surface area (Å²) in [5.74, 6) is 0.904. The first kappa shape index (κ1) is 10.3. The van der Waals surface area contributed by atoms with E-state index in [0.29, 0.717) is 0 Å². The number of aryl methyl sites for hydroxylation is 1. The highest BCUT2D eigenvalue weighted by molar-refractivity contribution is 14.1. The van der Waals surface area contributed by atoms with Gasteiger partial charge in [0, 0.05) is 0 Å². The van der Waals surface area contributed by atoms with E-state index in [4.69, 9.17) is 3.07 Å². The molecule has 0 aliphatic heterocycles. The van der Waals surface area contributed by atoms with Gasteiger partial charge in [0.15, 0.2) is 23.0 Å². The van der Waals surface area contributed by atoms with Crippen molar-refractivity contribution in [2.75, 3.05) is 0 Å². The molecule has 0 amide bonds. The van der Waals surface area contributed by atoms with Gasteiger partial charge in [0.05, 0.1) is 0 Å². The standard InChI is InChI=1S/C7H7IO.C2H2/c1-6-2-4-7(9-8)5-3-6;1-2/h2-5H,1H3;1-2H. The lowest BCUT2D eigenvalue weighted by molar-refractivity contribution is 0.716. The SMILES string of the molecule is C#C.Cc1ccc(OI)cc1.